The van der Waals surface area contributed by atoms with Crippen LogP contribution in [0.15, 0.2) is 36.7 Å². The number of nitrogens with one attached hydrogen (secondary N) is 1. The van der Waals surface area contributed by atoms with Crippen LogP contribution in [0.4, 0.5) is 10.3 Å². The fourth-order valence-electron chi connectivity index (χ4n) is 3.89. The van der Waals surface area contributed by atoms with E-state index in [9.17, 15) is 9.18 Å². The van der Waals surface area contributed by atoms with E-state index in [-0.39, 0.29) is 17.6 Å². The van der Waals surface area contributed by atoms with E-state index in [1.165, 1.54) is 6.07 Å². The number of likely N-dealkylation sites (tertiary alicyclic amines) is 1. The third-order valence-corrected chi connectivity index (χ3v) is 5.60. The Bertz CT molecular complexity index is 1060. The van der Waals surface area contributed by atoms with Crippen molar-refractivity contribution >= 4 is 11.9 Å². The summed E-state index contributed by atoms with van der Waals surface area (Å²) in [5.74, 6) is 0.419. The van der Waals surface area contributed by atoms with Crippen LogP contribution in [-0.4, -0.2) is 58.2 Å². The maximum atomic E-state index is 14.5. The van der Waals surface area contributed by atoms with Gasteiger partial charge >= 0.3 is 0 Å². The van der Waals surface area contributed by atoms with Gasteiger partial charge in [0.2, 0.25) is 5.95 Å². The number of hydrogen-bond donors (Lipinski definition) is 1. The number of aromatic nitrogens is 4. The first-order valence-electron chi connectivity index (χ1n) is 10.0. The van der Waals surface area contributed by atoms with Gasteiger partial charge in [-0.05, 0) is 25.8 Å². The molecule has 1 N–H and O–H groups in total. The second-order valence-electron chi connectivity index (χ2n) is 7.82. The minimum Gasteiger partial charge on any atom is -0.347 e. The topological polar surface area (TPSA) is 78.0 Å². The van der Waals surface area contributed by atoms with E-state index in [1.54, 1.807) is 24.5 Å². The molecule has 3 aromatic rings. The number of piperidine rings is 1. The van der Waals surface area contributed by atoms with Crippen molar-refractivity contribution < 1.29 is 9.18 Å². The van der Waals surface area contributed by atoms with Crippen LogP contribution in [0.5, 0.6) is 0 Å². The van der Waals surface area contributed by atoms with Gasteiger partial charge in [-0.25, -0.2) is 14.4 Å². The number of anilines is 1. The van der Waals surface area contributed by atoms with Gasteiger partial charge in [0.15, 0.2) is 0 Å². The predicted octanol–water partition coefficient (Wildman–Crippen LogP) is 3.40. The number of amides is 1. The Balaban J connectivity index is 1.61. The molecule has 0 atom stereocenters. The van der Waals surface area contributed by atoms with Crippen molar-refractivity contribution in [2.75, 3.05) is 32.1 Å². The van der Waals surface area contributed by atoms with E-state index in [4.69, 9.17) is 4.98 Å². The lowest BCUT2D eigenvalue weighted by atomic mass is 9.88. The average molecular weight is 408 g/mol. The molecule has 3 heterocycles. The Hall–Kier alpha value is -3.29. The van der Waals surface area contributed by atoms with Crippen LogP contribution in [-0.2, 0) is 0 Å². The van der Waals surface area contributed by atoms with E-state index in [1.807, 2.05) is 36.9 Å². The molecule has 1 fully saturated rings. The Labute approximate surface area is 175 Å². The fourth-order valence-corrected chi connectivity index (χ4v) is 3.89. The molecule has 1 aromatic carbocycles. The molecule has 30 heavy (non-hydrogen) atoms. The zero-order valence-corrected chi connectivity index (χ0v) is 17.4. The van der Waals surface area contributed by atoms with Crippen LogP contribution in [0.1, 0.15) is 40.5 Å². The summed E-state index contributed by atoms with van der Waals surface area (Å²) in [6.07, 6.45) is 4.80. The van der Waals surface area contributed by atoms with Gasteiger partial charge < -0.3 is 9.80 Å². The summed E-state index contributed by atoms with van der Waals surface area (Å²) in [6, 6.07) is 6.70. The number of H-pyrrole nitrogens is 1. The van der Waals surface area contributed by atoms with Gasteiger partial charge in [-0.15, -0.1) is 0 Å². The Morgan fingerprint density at radius 1 is 1.17 bits per heavy atom. The number of carbonyl (C=O) groups excluding carboxylic acids is 1. The molecule has 0 spiro atoms. The van der Waals surface area contributed by atoms with Gasteiger partial charge in [0.25, 0.3) is 5.91 Å². The SMILES string of the molecule is Cc1[nH]ncc1C(=O)N1CCC(c2nc(N(C)C)ncc2-c2ccccc2F)CC1. The van der Waals surface area contributed by atoms with Crippen molar-refractivity contribution in [2.24, 2.45) is 0 Å². The molecule has 7 nitrogen and oxygen atoms in total. The molecular weight excluding hydrogens is 383 g/mol. The van der Waals surface area contributed by atoms with Gasteiger partial charge in [-0.2, -0.15) is 5.10 Å². The molecule has 0 saturated carbocycles. The Morgan fingerprint density at radius 3 is 2.53 bits per heavy atom. The summed E-state index contributed by atoms with van der Waals surface area (Å²) >= 11 is 0. The fraction of sp³-hybridized carbons (Fsp3) is 0.364. The molecule has 8 heteroatoms. The summed E-state index contributed by atoms with van der Waals surface area (Å²) in [6.45, 7) is 3.08. The molecule has 1 amide bonds. The summed E-state index contributed by atoms with van der Waals surface area (Å²) in [5.41, 5.74) is 3.44. The highest BCUT2D eigenvalue weighted by atomic mass is 19.1. The molecule has 0 unspecified atom stereocenters. The van der Waals surface area contributed by atoms with E-state index in [2.05, 4.69) is 15.2 Å². The van der Waals surface area contributed by atoms with Crippen LogP contribution in [0.3, 0.4) is 0 Å². The lowest BCUT2D eigenvalue weighted by molar-refractivity contribution is 0.0711. The van der Waals surface area contributed by atoms with E-state index < -0.39 is 0 Å². The largest absolute Gasteiger partial charge is 0.347 e. The van der Waals surface area contributed by atoms with E-state index in [0.717, 1.165) is 24.2 Å². The number of hydrogen-bond acceptors (Lipinski definition) is 5. The monoisotopic (exact) mass is 408 g/mol. The van der Waals surface area contributed by atoms with Gasteiger partial charge in [0.05, 0.1) is 17.5 Å². The minimum absolute atomic E-state index is 0.00862. The second-order valence-corrected chi connectivity index (χ2v) is 7.82. The van der Waals surface area contributed by atoms with Crippen molar-refractivity contribution in [3.63, 3.8) is 0 Å². The van der Waals surface area contributed by atoms with Crippen LogP contribution in [0.2, 0.25) is 0 Å². The predicted molar refractivity (Wildman–Crippen MR) is 113 cm³/mol. The normalized spacial score (nSPS) is 14.7. The molecule has 0 radical (unpaired) electrons. The van der Waals surface area contributed by atoms with Crippen molar-refractivity contribution in [3.8, 4) is 11.1 Å². The molecule has 1 aliphatic heterocycles. The van der Waals surface area contributed by atoms with Crippen LogP contribution < -0.4 is 4.90 Å². The summed E-state index contributed by atoms with van der Waals surface area (Å²) in [5, 5.41) is 6.77. The Morgan fingerprint density at radius 2 is 1.90 bits per heavy atom. The lowest BCUT2D eigenvalue weighted by Gasteiger charge is -2.32. The first-order chi connectivity index (χ1) is 14.5. The zero-order valence-electron chi connectivity index (χ0n) is 17.4. The average Bonchev–Trinajstić information content (AvgIpc) is 3.19. The third-order valence-electron chi connectivity index (χ3n) is 5.60. The summed E-state index contributed by atoms with van der Waals surface area (Å²) in [4.78, 5) is 25.7. The number of aromatic amines is 1. The molecular formula is C22H25FN6O. The van der Waals surface area contributed by atoms with Crippen LogP contribution in [0, 0.1) is 12.7 Å². The van der Waals surface area contributed by atoms with Crippen molar-refractivity contribution in [1.82, 2.24) is 25.1 Å². The maximum absolute atomic E-state index is 14.5. The standard InChI is InChI=1S/C22H25FN6O/c1-14-17(13-25-27-14)21(30)29-10-8-15(9-11-29)20-18(12-24-22(26-20)28(2)3)16-6-4-5-7-19(16)23/h4-7,12-13,15H,8-11H2,1-3H3,(H,25,27). The quantitative estimate of drug-likeness (QED) is 0.716. The second kappa shape index (κ2) is 8.22. The number of benzene rings is 1. The first-order valence-corrected chi connectivity index (χ1v) is 10.0. The van der Waals surface area contributed by atoms with Gasteiger partial charge in [0, 0.05) is 56.1 Å². The number of nitrogens with zero attached hydrogens (tertiary/aromatic N) is 5. The van der Waals surface area contributed by atoms with Gasteiger partial charge in [-0.1, -0.05) is 18.2 Å². The van der Waals surface area contributed by atoms with Crippen molar-refractivity contribution in [3.05, 3.63) is 59.4 Å². The highest BCUT2D eigenvalue weighted by molar-refractivity contribution is 5.95. The number of rotatable bonds is 4. The van der Waals surface area contributed by atoms with Crippen molar-refractivity contribution in [2.45, 2.75) is 25.7 Å². The van der Waals surface area contributed by atoms with Crippen LogP contribution in [0.25, 0.3) is 11.1 Å². The van der Waals surface area contributed by atoms with Crippen LogP contribution >= 0.6 is 0 Å². The molecule has 4 rings (SSSR count). The molecule has 156 valence electrons. The minimum atomic E-state index is -0.289. The maximum Gasteiger partial charge on any atom is 0.257 e. The molecule has 1 aliphatic rings. The molecule has 0 aliphatic carbocycles. The van der Waals surface area contributed by atoms with Gasteiger partial charge in [0.1, 0.15) is 5.82 Å². The smallest absolute Gasteiger partial charge is 0.257 e. The van der Waals surface area contributed by atoms with Crippen molar-refractivity contribution in [1.29, 1.82) is 0 Å². The molecule has 2 aromatic heterocycles. The highest BCUT2D eigenvalue weighted by Crippen LogP contribution is 2.36. The van der Waals surface area contributed by atoms with E-state index >= 15 is 0 Å². The van der Waals surface area contributed by atoms with Gasteiger partial charge in [-0.3, -0.25) is 9.89 Å². The number of carbonyl (C=O) groups is 1. The first kappa shape index (κ1) is 20.0. The molecule has 1 saturated heterocycles. The summed E-state index contributed by atoms with van der Waals surface area (Å²) in [7, 11) is 3.77. The number of halogens is 1. The number of aryl methyl sites for hydroxylation is 1. The Kier molecular flexibility index (Phi) is 5.48. The molecule has 0 bridgehead atoms. The zero-order chi connectivity index (χ0) is 21.3. The lowest BCUT2D eigenvalue weighted by Crippen LogP contribution is -2.38. The summed E-state index contributed by atoms with van der Waals surface area (Å²) < 4.78 is 14.5. The third kappa shape index (κ3) is 3.77. The van der Waals surface area contributed by atoms with E-state index in [0.29, 0.717) is 35.7 Å². The highest BCUT2D eigenvalue weighted by Gasteiger charge is 2.29.